The third-order valence-electron chi connectivity index (χ3n) is 3.09. The second-order valence-electron chi connectivity index (χ2n) is 5.16. The minimum absolute atomic E-state index is 0. The van der Waals surface area contributed by atoms with E-state index in [-0.39, 0.29) is 18.4 Å². The van der Waals surface area contributed by atoms with Crippen LogP contribution < -0.4 is 5.69 Å². The third-order valence-corrected chi connectivity index (χ3v) is 4.26. The molecule has 0 fully saturated rings. The number of H-pyrrole nitrogens is 1. The summed E-state index contributed by atoms with van der Waals surface area (Å²) in [6, 6.07) is 11.4. The van der Waals surface area contributed by atoms with Crippen LogP contribution in [0.5, 0.6) is 0 Å². The lowest BCUT2D eigenvalue weighted by Crippen LogP contribution is -2.08. The Morgan fingerprint density at radius 1 is 0.900 bits per heavy atom. The Morgan fingerprint density at radius 2 is 1.43 bits per heavy atom. The predicted molar refractivity (Wildman–Crippen MR) is 134 cm³/mol. The van der Waals surface area contributed by atoms with Crippen LogP contribution >= 0.6 is 82.4 Å². The first-order chi connectivity index (χ1) is 13.5. The standard InChI is InChI=1S/C8H4BrClN2.C8H5BrN2O.CH4.Cl3OP/c9-6-1-2-7-5(3-6)4-11-8(10)12-7;9-6-1-2-7-5(3-6)4-10-8(12)11-7;;1-5(2,3)4/h1-4H;1-4H,(H,10,11,12);1H4;. The van der Waals surface area contributed by atoms with Crippen LogP contribution in [0.1, 0.15) is 7.43 Å². The molecule has 2 aromatic carbocycles. The number of hydrogen-bond acceptors (Lipinski definition) is 5. The Bertz CT molecular complexity index is 1200. The highest BCUT2D eigenvalue weighted by molar-refractivity contribution is 9.10. The molecule has 0 spiro atoms. The number of fused-ring (bicyclic) bond motifs is 2. The molecule has 4 aromatic rings. The van der Waals surface area contributed by atoms with Crippen LogP contribution in [0.15, 0.2) is 62.5 Å². The summed E-state index contributed by atoms with van der Waals surface area (Å²) < 4.78 is 11.5. The molecule has 1 N–H and O–H groups in total. The van der Waals surface area contributed by atoms with Crippen molar-refractivity contribution in [1.29, 1.82) is 0 Å². The number of nitrogens with zero attached hydrogens (tertiary/aromatic N) is 3. The van der Waals surface area contributed by atoms with E-state index in [0.29, 0.717) is 0 Å². The van der Waals surface area contributed by atoms with Gasteiger partial charge in [-0.25, -0.2) is 19.7 Å². The van der Waals surface area contributed by atoms with Crippen molar-refractivity contribution in [3.8, 4) is 0 Å². The molecule has 0 unspecified atom stereocenters. The number of aromatic amines is 1. The van der Waals surface area contributed by atoms with Gasteiger partial charge in [0.1, 0.15) is 0 Å². The smallest absolute Gasteiger partial charge is 0.305 e. The molecule has 0 saturated heterocycles. The first kappa shape index (κ1) is 27.3. The monoisotopic (exact) mass is 634 g/mol. The minimum atomic E-state index is -3.22. The Balaban J connectivity index is 0.000000241. The Hall–Kier alpha value is -0.730. The average molecular weight is 638 g/mol. The molecule has 2 aromatic heterocycles. The predicted octanol–water partition coefficient (Wildman–Crippen LogP) is 8.18. The number of rotatable bonds is 0. The maximum Gasteiger partial charge on any atom is 0.345 e. The van der Waals surface area contributed by atoms with Crippen LogP contribution in [0.2, 0.25) is 5.28 Å². The fraction of sp³-hybridized carbons (Fsp3) is 0.0588. The largest absolute Gasteiger partial charge is 0.345 e. The van der Waals surface area contributed by atoms with Crippen molar-refractivity contribution in [2.24, 2.45) is 0 Å². The van der Waals surface area contributed by atoms with Gasteiger partial charge in [0.2, 0.25) is 5.28 Å². The molecule has 13 heteroatoms. The van der Waals surface area contributed by atoms with Gasteiger partial charge >= 0.3 is 10.9 Å². The molecule has 0 bridgehead atoms. The Morgan fingerprint density at radius 3 is 2.07 bits per heavy atom. The molecule has 0 aliphatic rings. The first-order valence-electron chi connectivity index (χ1n) is 7.42. The second-order valence-corrected chi connectivity index (χ2v) is 14.0. The summed E-state index contributed by atoms with van der Waals surface area (Å²) in [6.45, 7) is 0. The van der Waals surface area contributed by atoms with Crippen LogP contribution in [-0.2, 0) is 4.57 Å². The fourth-order valence-electron chi connectivity index (χ4n) is 2.01. The zero-order chi connectivity index (χ0) is 21.6. The van der Waals surface area contributed by atoms with Gasteiger partial charge in [-0.3, -0.25) is 4.57 Å². The lowest BCUT2D eigenvalue weighted by molar-refractivity contribution is 0.600. The van der Waals surface area contributed by atoms with E-state index >= 15 is 0 Å². The van der Waals surface area contributed by atoms with Crippen molar-refractivity contribution in [2.75, 3.05) is 0 Å². The molecule has 0 radical (unpaired) electrons. The molecule has 0 amide bonds. The van der Waals surface area contributed by atoms with Gasteiger partial charge in [-0.15, -0.1) is 0 Å². The van der Waals surface area contributed by atoms with Gasteiger partial charge in [0.15, 0.2) is 0 Å². The van der Waals surface area contributed by atoms with Gasteiger partial charge in [-0.2, -0.15) is 0 Å². The number of aromatic nitrogens is 4. The Labute approximate surface area is 208 Å². The maximum absolute atomic E-state index is 10.8. The lowest BCUT2D eigenvalue weighted by Gasteiger charge is -1.96. The van der Waals surface area contributed by atoms with Crippen molar-refractivity contribution in [3.63, 3.8) is 0 Å². The number of benzene rings is 2. The van der Waals surface area contributed by atoms with Crippen LogP contribution in [0.4, 0.5) is 0 Å². The van der Waals surface area contributed by atoms with Crippen molar-refractivity contribution >= 4 is 104 Å². The highest BCUT2D eigenvalue weighted by Crippen LogP contribution is 2.61. The van der Waals surface area contributed by atoms with Crippen LogP contribution in [0, 0.1) is 0 Å². The minimum Gasteiger partial charge on any atom is -0.305 e. The summed E-state index contributed by atoms with van der Waals surface area (Å²) in [4.78, 5) is 25.0. The van der Waals surface area contributed by atoms with E-state index in [1.807, 2.05) is 36.4 Å². The summed E-state index contributed by atoms with van der Waals surface area (Å²) >= 11 is 26.2. The zero-order valence-electron chi connectivity index (χ0n) is 14.0. The van der Waals surface area contributed by atoms with Crippen molar-refractivity contribution in [2.45, 2.75) is 7.43 Å². The van der Waals surface area contributed by atoms with Crippen molar-refractivity contribution < 1.29 is 4.57 Å². The van der Waals surface area contributed by atoms with Crippen LogP contribution in [0.25, 0.3) is 21.8 Å². The Kier molecular flexibility index (Phi) is 11.2. The summed E-state index contributed by atoms with van der Waals surface area (Å²) in [5.74, 6) is 0. The highest BCUT2D eigenvalue weighted by Gasteiger charge is 2.03. The maximum atomic E-state index is 10.8. The van der Waals surface area contributed by atoms with Gasteiger partial charge in [0, 0.05) is 32.1 Å². The van der Waals surface area contributed by atoms with Crippen LogP contribution in [0.3, 0.4) is 0 Å². The molecular weight excluding hydrogens is 625 g/mol. The van der Waals surface area contributed by atoms with E-state index in [0.717, 1.165) is 30.8 Å². The van der Waals surface area contributed by atoms with E-state index in [9.17, 15) is 9.36 Å². The van der Waals surface area contributed by atoms with Gasteiger partial charge in [-0.05, 0) is 81.7 Å². The summed E-state index contributed by atoms with van der Waals surface area (Å²) in [7, 11) is 0. The van der Waals surface area contributed by atoms with E-state index in [4.69, 9.17) is 11.6 Å². The van der Waals surface area contributed by atoms with E-state index in [2.05, 4.69) is 85.5 Å². The van der Waals surface area contributed by atoms with E-state index in [1.165, 1.54) is 0 Å². The number of nitrogens with one attached hydrogen (secondary N) is 1. The number of hydrogen-bond donors (Lipinski definition) is 1. The summed E-state index contributed by atoms with van der Waals surface area (Å²) in [5.41, 5.74) is 1.35. The zero-order valence-corrected chi connectivity index (χ0v) is 21.1. The van der Waals surface area contributed by atoms with E-state index < -0.39 is 5.20 Å². The quantitative estimate of drug-likeness (QED) is 0.155. The normalized spacial score (nSPS) is 10.3. The molecule has 4 rings (SSSR count). The van der Waals surface area contributed by atoms with Crippen molar-refractivity contribution in [1.82, 2.24) is 19.9 Å². The first-order valence-corrected chi connectivity index (χ1v) is 13.8. The third kappa shape index (κ3) is 10.1. The molecule has 0 atom stereocenters. The fourth-order valence-corrected chi connectivity index (χ4v) is 2.91. The van der Waals surface area contributed by atoms with Gasteiger partial charge in [0.25, 0.3) is 0 Å². The number of halogens is 6. The van der Waals surface area contributed by atoms with Crippen molar-refractivity contribution in [3.05, 3.63) is 73.5 Å². The molecule has 30 heavy (non-hydrogen) atoms. The van der Waals surface area contributed by atoms with Gasteiger partial charge < -0.3 is 4.98 Å². The SMILES string of the molecule is C.Clc1ncc2cc(Br)ccc2n1.O=P(Cl)(Cl)Cl.O=c1ncc2cc(Br)ccc2[nH]1. The molecule has 0 aliphatic heterocycles. The van der Waals surface area contributed by atoms with Gasteiger partial charge in [-0.1, -0.05) is 39.3 Å². The molecule has 160 valence electrons. The topological polar surface area (TPSA) is 88.6 Å². The second kappa shape index (κ2) is 12.3. The van der Waals surface area contributed by atoms with E-state index in [1.54, 1.807) is 12.4 Å². The highest BCUT2D eigenvalue weighted by atomic mass is 79.9. The molecule has 0 aliphatic carbocycles. The average Bonchev–Trinajstić information content (AvgIpc) is 2.61. The summed E-state index contributed by atoms with van der Waals surface area (Å²) in [6.07, 6.45) is 3.26. The molecular formula is C17H13Br2Cl4N4O2P. The molecule has 2 heterocycles. The molecule has 6 nitrogen and oxygen atoms in total. The molecule has 0 saturated carbocycles. The lowest BCUT2D eigenvalue weighted by atomic mass is 10.2. The van der Waals surface area contributed by atoms with Crippen LogP contribution in [-0.4, -0.2) is 19.9 Å². The summed E-state index contributed by atoms with van der Waals surface area (Å²) in [5, 5.41) is -1.04. The van der Waals surface area contributed by atoms with Gasteiger partial charge in [0.05, 0.1) is 11.0 Å².